The second-order valence-corrected chi connectivity index (χ2v) is 5.98. The third-order valence-corrected chi connectivity index (χ3v) is 4.31. The van der Waals surface area contributed by atoms with Crippen LogP contribution in [0.2, 0.25) is 5.02 Å². The lowest BCUT2D eigenvalue weighted by molar-refractivity contribution is -0.130. The third-order valence-electron chi connectivity index (χ3n) is 3.96. The first-order valence-electron chi connectivity index (χ1n) is 7.65. The van der Waals surface area contributed by atoms with E-state index >= 15 is 0 Å². The SMILES string of the molecule is CCCc1noc(C2CCC(=O)N2Cc2c(F)cccc2Cl)n1. The van der Waals surface area contributed by atoms with Crippen LogP contribution >= 0.6 is 11.6 Å². The molecule has 7 heteroatoms. The summed E-state index contributed by atoms with van der Waals surface area (Å²) < 4.78 is 19.3. The van der Waals surface area contributed by atoms with E-state index < -0.39 is 5.82 Å². The van der Waals surface area contributed by atoms with Crippen LogP contribution in [0.3, 0.4) is 0 Å². The predicted octanol–water partition coefficient (Wildman–Crippen LogP) is 3.68. The summed E-state index contributed by atoms with van der Waals surface area (Å²) >= 11 is 6.07. The molecule has 1 fully saturated rings. The van der Waals surface area contributed by atoms with Crippen LogP contribution in [0.5, 0.6) is 0 Å². The third kappa shape index (κ3) is 3.22. The fourth-order valence-electron chi connectivity index (χ4n) is 2.77. The van der Waals surface area contributed by atoms with Crippen molar-refractivity contribution >= 4 is 17.5 Å². The highest BCUT2D eigenvalue weighted by Crippen LogP contribution is 2.34. The molecule has 2 heterocycles. The van der Waals surface area contributed by atoms with E-state index in [1.165, 1.54) is 6.07 Å². The summed E-state index contributed by atoms with van der Waals surface area (Å²) in [4.78, 5) is 18.1. The van der Waals surface area contributed by atoms with Crippen molar-refractivity contribution in [3.05, 3.63) is 46.3 Å². The highest BCUT2D eigenvalue weighted by Gasteiger charge is 2.36. The zero-order valence-corrected chi connectivity index (χ0v) is 13.5. The van der Waals surface area contributed by atoms with E-state index in [1.807, 2.05) is 6.92 Å². The Kier molecular flexibility index (Phi) is 4.61. The molecule has 0 N–H and O–H groups in total. The largest absolute Gasteiger partial charge is 0.337 e. The van der Waals surface area contributed by atoms with Crippen molar-refractivity contribution in [3.8, 4) is 0 Å². The van der Waals surface area contributed by atoms with Gasteiger partial charge in [-0.3, -0.25) is 4.79 Å². The molecule has 1 aromatic carbocycles. The molecular formula is C16H17ClFN3O2. The van der Waals surface area contributed by atoms with Gasteiger partial charge in [0.15, 0.2) is 5.82 Å². The molecule has 1 saturated heterocycles. The van der Waals surface area contributed by atoms with Gasteiger partial charge in [-0.05, 0) is 25.0 Å². The van der Waals surface area contributed by atoms with Crippen LogP contribution in [-0.4, -0.2) is 20.9 Å². The van der Waals surface area contributed by atoms with Gasteiger partial charge in [0.2, 0.25) is 11.8 Å². The number of hydrogen-bond acceptors (Lipinski definition) is 4. The number of benzene rings is 1. The number of rotatable bonds is 5. The minimum atomic E-state index is -0.423. The van der Waals surface area contributed by atoms with Crippen LogP contribution in [-0.2, 0) is 17.8 Å². The van der Waals surface area contributed by atoms with Crippen LogP contribution < -0.4 is 0 Å². The number of carbonyl (C=O) groups excluding carboxylic acids is 1. The topological polar surface area (TPSA) is 59.2 Å². The van der Waals surface area contributed by atoms with Gasteiger partial charge < -0.3 is 9.42 Å². The van der Waals surface area contributed by atoms with Gasteiger partial charge in [-0.2, -0.15) is 4.98 Å². The van der Waals surface area contributed by atoms with E-state index in [0.717, 1.165) is 12.8 Å². The van der Waals surface area contributed by atoms with E-state index in [2.05, 4.69) is 10.1 Å². The molecule has 1 aliphatic rings. The summed E-state index contributed by atoms with van der Waals surface area (Å²) in [6.45, 7) is 2.13. The van der Waals surface area contributed by atoms with Gasteiger partial charge >= 0.3 is 0 Å². The zero-order chi connectivity index (χ0) is 16.4. The zero-order valence-electron chi connectivity index (χ0n) is 12.8. The number of aryl methyl sites for hydroxylation is 1. The average molecular weight is 338 g/mol. The van der Waals surface area contributed by atoms with Gasteiger partial charge in [0.1, 0.15) is 11.9 Å². The maximum Gasteiger partial charge on any atom is 0.249 e. The van der Waals surface area contributed by atoms with Gasteiger partial charge in [-0.25, -0.2) is 4.39 Å². The maximum atomic E-state index is 14.0. The quantitative estimate of drug-likeness (QED) is 0.835. The van der Waals surface area contributed by atoms with Crippen molar-refractivity contribution in [2.75, 3.05) is 0 Å². The molecule has 3 rings (SSSR count). The summed E-state index contributed by atoms with van der Waals surface area (Å²) in [5.41, 5.74) is 0.308. The minimum Gasteiger partial charge on any atom is -0.337 e. The molecule has 1 aliphatic heterocycles. The summed E-state index contributed by atoms with van der Waals surface area (Å²) in [7, 11) is 0. The summed E-state index contributed by atoms with van der Waals surface area (Å²) in [6.07, 6.45) is 2.60. The minimum absolute atomic E-state index is 0.0652. The van der Waals surface area contributed by atoms with Crippen LogP contribution in [0.25, 0.3) is 0 Å². The first-order valence-corrected chi connectivity index (χ1v) is 8.02. The fourth-order valence-corrected chi connectivity index (χ4v) is 2.99. The van der Waals surface area contributed by atoms with Crippen LogP contribution in [0.15, 0.2) is 22.7 Å². The molecule has 1 amide bonds. The highest BCUT2D eigenvalue weighted by molar-refractivity contribution is 6.31. The van der Waals surface area contributed by atoms with Gasteiger partial charge in [0, 0.05) is 23.4 Å². The van der Waals surface area contributed by atoms with Crippen molar-refractivity contribution in [2.45, 2.75) is 45.2 Å². The van der Waals surface area contributed by atoms with E-state index in [9.17, 15) is 9.18 Å². The molecule has 122 valence electrons. The number of halogens is 2. The molecule has 0 saturated carbocycles. The Balaban J connectivity index is 1.85. The maximum absolute atomic E-state index is 14.0. The Labute approximate surface area is 138 Å². The molecule has 1 unspecified atom stereocenters. The first-order chi connectivity index (χ1) is 11.1. The molecule has 0 aliphatic carbocycles. The Morgan fingerprint density at radius 2 is 2.30 bits per heavy atom. The van der Waals surface area contributed by atoms with Crippen LogP contribution in [0.1, 0.15) is 49.5 Å². The summed E-state index contributed by atoms with van der Waals surface area (Å²) in [5.74, 6) is 0.551. The molecule has 2 aromatic rings. The van der Waals surface area contributed by atoms with Crippen molar-refractivity contribution < 1.29 is 13.7 Å². The standard InChI is InChI=1S/C16H17ClFN3O2/c1-2-4-14-19-16(23-20-14)13-7-8-15(22)21(13)9-10-11(17)5-3-6-12(10)18/h3,5-6,13H,2,4,7-9H2,1H3. The lowest BCUT2D eigenvalue weighted by Crippen LogP contribution is -2.28. The number of carbonyl (C=O) groups is 1. The van der Waals surface area contributed by atoms with Gasteiger partial charge in [-0.1, -0.05) is 29.7 Å². The second-order valence-electron chi connectivity index (χ2n) is 5.58. The van der Waals surface area contributed by atoms with E-state index in [4.69, 9.17) is 16.1 Å². The van der Waals surface area contributed by atoms with Gasteiger partial charge in [-0.15, -0.1) is 0 Å². The number of hydrogen-bond donors (Lipinski definition) is 0. The smallest absolute Gasteiger partial charge is 0.249 e. The van der Waals surface area contributed by atoms with Crippen molar-refractivity contribution in [2.24, 2.45) is 0 Å². The summed E-state index contributed by atoms with van der Waals surface area (Å²) in [5, 5.41) is 4.23. The van der Waals surface area contributed by atoms with Crippen LogP contribution in [0.4, 0.5) is 4.39 Å². The Morgan fingerprint density at radius 3 is 3.04 bits per heavy atom. The Bertz CT molecular complexity index is 699. The van der Waals surface area contributed by atoms with E-state index in [0.29, 0.717) is 35.1 Å². The lowest BCUT2D eigenvalue weighted by atomic mass is 10.1. The molecule has 0 spiro atoms. The summed E-state index contributed by atoms with van der Waals surface area (Å²) in [6, 6.07) is 4.17. The predicted molar refractivity (Wildman–Crippen MR) is 82.2 cm³/mol. The lowest BCUT2D eigenvalue weighted by Gasteiger charge is -2.22. The number of nitrogens with zero attached hydrogens (tertiary/aromatic N) is 3. The molecular weight excluding hydrogens is 321 g/mol. The highest BCUT2D eigenvalue weighted by atomic mass is 35.5. The molecule has 0 bridgehead atoms. The van der Waals surface area contributed by atoms with Crippen molar-refractivity contribution in [3.63, 3.8) is 0 Å². The Hall–Kier alpha value is -1.95. The molecule has 5 nitrogen and oxygen atoms in total. The van der Waals surface area contributed by atoms with Crippen molar-refractivity contribution in [1.29, 1.82) is 0 Å². The van der Waals surface area contributed by atoms with E-state index in [1.54, 1.807) is 17.0 Å². The number of aromatic nitrogens is 2. The first kappa shape index (κ1) is 15.9. The second kappa shape index (κ2) is 6.66. The monoisotopic (exact) mass is 337 g/mol. The van der Waals surface area contributed by atoms with Crippen LogP contribution in [0, 0.1) is 5.82 Å². The normalized spacial score (nSPS) is 18.0. The fraction of sp³-hybridized carbons (Fsp3) is 0.438. The molecule has 23 heavy (non-hydrogen) atoms. The van der Waals surface area contributed by atoms with E-state index in [-0.39, 0.29) is 18.5 Å². The number of amides is 1. The average Bonchev–Trinajstić information content (AvgIpc) is 3.11. The molecule has 1 aromatic heterocycles. The Morgan fingerprint density at radius 1 is 1.48 bits per heavy atom. The number of likely N-dealkylation sites (tertiary alicyclic amines) is 1. The van der Waals surface area contributed by atoms with Gasteiger partial charge in [0.25, 0.3) is 0 Å². The van der Waals surface area contributed by atoms with Crippen molar-refractivity contribution in [1.82, 2.24) is 15.0 Å². The molecule has 1 atom stereocenters. The van der Waals surface area contributed by atoms with Gasteiger partial charge in [0.05, 0.1) is 6.54 Å². The molecule has 0 radical (unpaired) electrons.